The Labute approximate surface area is 104 Å². The van der Waals surface area contributed by atoms with Crippen molar-refractivity contribution < 1.29 is 14.3 Å². The Morgan fingerprint density at radius 1 is 0.944 bits per heavy atom. The summed E-state index contributed by atoms with van der Waals surface area (Å²) < 4.78 is 10.1. The van der Waals surface area contributed by atoms with Crippen molar-refractivity contribution in [2.75, 3.05) is 14.2 Å². The Morgan fingerprint density at radius 2 is 1.39 bits per heavy atom. The van der Waals surface area contributed by atoms with E-state index in [1.165, 1.54) is 14.2 Å². The van der Waals surface area contributed by atoms with Crippen LogP contribution in [-0.2, 0) is 0 Å². The Balaban J connectivity index is 2.48. The fourth-order valence-electron chi connectivity index (χ4n) is 1.60. The molecule has 0 bridgehead atoms. The van der Waals surface area contributed by atoms with Crippen molar-refractivity contribution in [2.24, 2.45) is 0 Å². The number of pyridine rings is 2. The van der Waals surface area contributed by atoms with E-state index in [-0.39, 0.29) is 17.5 Å². The van der Waals surface area contributed by atoms with Gasteiger partial charge in [0.1, 0.15) is 0 Å². The van der Waals surface area contributed by atoms with Gasteiger partial charge in [-0.25, -0.2) is 9.97 Å². The third-order valence-electron chi connectivity index (χ3n) is 2.42. The van der Waals surface area contributed by atoms with Gasteiger partial charge in [-0.15, -0.1) is 0 Å². The van der Waals surface area contributed by atoms with Crippen LogP contribution in [0.4, 0.5) is 0 Å². The van der Waals surface area contributed by atoms with Crippen LogP contribution in [0.3, 0.4) is 0 Å². The minimum Gasteiger partial charge on any atom is -0.480 e. The highest BCUT2D eigenvalue weighted by Crippen LogP contribution is 2.22. The number of methoxy groups -OCH3 is 2. The first-order valence-electron chi connectivity index (χ1n) is 5.30. The maximum absolute atomic E-state index is 12.4. The number of carbonyl (C=O) groups excluding carboxylic acids is 1. The third-order valence-corrected chi connectivity index (χ3v) is 2.42. The highest BCUT2D eigenvalue weighted by Gasteiger charge is 2.19. The highest BCUT2D eigenvalue weighted by atomic mass is 16.5. The second-order valence-corrected chi connectivity index (χ2v) is 3.45. The molecule has 0 spiro atoms. The van der Waals surface area contributed by atoms with Crippen molar-refractivity contribution in [1.82, 2.24) is 9.97 Å². The van der Waals surface area contributed by atoms with Crippen molar-refractivity contribution in [3.05, 3.63) is 47.8 Å². The van der Waals surface area contributed by atoms with Crippen molar-refractivity contribution in [2.45, 2.75) is 0 Å². The van der Waals surface area contributed by atoms with Gasteiger partial charge in [0, 0.05) is 12.4 Å². The topological polar surface area (TPSA) is 61.3 Å². The summed E-state index contributed by atoms with van der Waals surface area (Å²) in [6, 6.07) is 6.67. The molecular weight excluding hydrogens is 232 g/mol. The lowest BCUT2D eigenvalue weighted by Crippen LogP contribution is -2.07. The number of ketones is 1. The van der Waals surface area contributed by atoms with Crippen molar-refractivity contribution >= 4 is 5.78 Å². The number of rotatable bonds is 4. The van der Waals surface area contributed by atoms with E-state index in [9.17, 15) is 4.79 Å². The molecule has 0 aliphatic heterocycles. The van der Waals surface area contributed by atoms with Crippen LogP contribution >= 0.6 is 0 Å². The maximum atomic E-state index is 12.4. The molecule has 0 radical (unpaired) electrons. The van der Waals surface area contributed by atoms with E-state index in [0.29, 0.717) is 11.1 Å². The second-order valence-electron chi connectivity index (χ2n) is 3.45. The van der Waals surface area contributed by atoms with Crippen LogP contribution in [0.1, 0.15) is 15.9 Å². The number of carbonyl (C=O) groups is 1. The molecule has 2 heterocycles. The van der Waals surface area contributed by atoms with Gasteiger partial charge in [0.25, 0.3) is 0 Å². The molecule has 0 aliphatic rings. The number of hydrogen-bond donors (Lipinski definition) is 0. The first kappa shape index (κ1) is 12.0. The second kappa shape index (κ2) is 5.27. The maximum Gasteiger partial charge on any atom is 0.224 e. The highest BCUT2D eigenvalue weighted by molar-refractivity contribution is 6.11. The van der Waals surface area contributed by atoms with E-state index >= 15 is 0 Å². The predicted molar refractivity (Wildman–Crippen MR) is 65.0 cm³/mol. The molecule has 2 aromatic heterocycles. The molecule has 2 rings (SSSR count). The summed E-state index contributed by atoms with van der Waals surface area (Å²) >= 11 is 0. The first-order chi connectivity index (χ1) is 8.77. The molecule has 0 unspecified atom stereocenters. The van der Waals surface area contributed by atoms with Gasteiger partial charge in [-0.1, -0.05) is 0 Å². The molecule has 5 nitrogen and oxygen atoms in total. The lowest BCUT2D eigenvalue weighted by Gasteiger charge is -2.08. The third kappa shape index (κ3) is 2.15. The van der Waals surface area contributed by atoms with E-state index in [1.54, 1.807) is 36.7 Å². The molecule has 0 aromatic carbocycles. The molecule has 0 aliphatic carbocycles. The molecule has 0 atom stereocenters. The summed E-state index contributed by atoms with van der Waals surface area (Å²) in [4.78, 5) is 20.4. The van der Waals surface area contributed by atoms with E-state index < -0.39 is 0 Å². The molecule has 0 fully saturated rings. The molecule has 5 heteroatoms. The predicted octanol–water partition coefficient (Wildman–Crippen LogP) is 1.72. The minimum absolute atomic E-state index is 0.232. The zero-order valence-corrected chi connectivity index (χ0v) is 10.1. The van der Waals surface area contributed by atoms with E-state index in [2.05, 4.69) is 9.97 Å². The molecular formula is C13H12N2O3. The molecule has 2 aromatic rings. The largest absolute Gasteiger partial charge is 0.480 e. The van der Waals surface area contributed by atoms with Gasteiger partial charge in [-0.2, -0.15) is 0 Å². The van der Waals surface area contributed by atoms with Crippen LogP contribution < -0.4 is 9.47 Å². The average molecular weight is 244 g/mol. The minimum atomic E-state index is -0.232. The zero-order chi connectivity index (χ0) is 13.0. The first-order valence-corrected chi connectivity index (χ1v) is 5.30. The number of aromatic nitrogens is 2. The van der Waals surface area contributed by atoms with Crippen LogP contribution in [0.15, 0.2) is 36.7 Å². The van der Waals surface area contributed by atoms with Gasteiger partial charge in [0.05, 0.1) is 25.3 Å². The number of hydrogen-bond acceptors (Lipinski definition) is 5. The van der Waals surface area contributed by atoms with Gasteiger partial charge >= 0.3 is 0 Å². The fraction of sp³-hybridized carbons (Fsp3) is 0.154. The molecule has 0 amide bonds. The van der Waals surface area contributed by atoms with Gasteiger partial charge in [0.2, 0.25) is 17.5 Å². The summed E-state index contributed by atoms with van der Waals surface area (Å²) in [5.74, 6) is 0.340. The van der Waals surface area contributed by atoms with E-state index in [0.717, 1.165) is 0 Å². The molecule has 0 saturated carbocycles. The smallest absolute Gasteiger partial charge is 0.224 e. The zero-order valence-electron chi connectivity index (χ0n) is 10.1. The monoisotopic (exact) mass is 244 g/mol. The number of ether oxygens (including phenoxy) is 2. The van der Waals surface area contributed by atoms with Crippen molar-refractivity contribution in [3.63, 3.8) is 0 Å². The Hall–Kier alpha value is -2.43. The molecule has 92 valence electrons. The molecule has 18 heavy (non-hydrogen) atoms. The van der Waals surface area contributed by atoms with Crippen molar-refractivity contribution in [3.8, 4) is 11.8 Å². The summed E-state index contributed by atoms with van der Waals surface area (Å²) in [6.45, 7) is 0. The Morgan fingerprint density at radius 3 is 1.78 bits per heavy atom. The number of nitrogens with zero attached hydrogens (tertiary/aromatic N) is 2. The molecule has 0 N–H and O–H groups in total. The summed E-state index contributed by atoms with van der Waals surface area (Å²) in [5, 5.41) is 0. The Kier molecular flexibility index (Phi) is 3.52. The average Bonchev–Trinajstić information content (AvgIpc) is 2.46. The SMILES string of the molecule is COc1ncccc1C(=O)c1cccnc1OC. The van der Waals surface area contributed by atoms with Crippen molar-refractivity contribution in [1.29, 1.82) is 0 Å². The van der Waals surface area contributed by atoms with Crippen LogP contribution in [0, 0.1) is 0 Å². The summed E-state index contributed by atoms with van der Waals surface area (Å²) in [6.07, 6.45) is 3.13. The summed E-state index contributed by atoms with van der Waals surface area (Å²) in [7, 11) is 2.94. The summed E-state index contributed by atoms with van der Waals surface area (Å²) in [5.41, 5.74) is 0.762. The standard InChI is InChI=1S/C13H12N2O3/c1-17-12-9(5-3-7-14-12)11(16)10-6-4-8-15-13(10)18-2/h3-8H,1-2H3. The van der Waals surface area contributed by atoms with Gasteiger partial charge in [0.15, 0.2) is 0 Å². The van der Waals surface area contributed by atoms with Gasteiger partial charge < -0.3 is 9.47 Å². The normalized spacial score (nSPS) is 9.89. The van der Waals surface area contributed by atoms with Crippen LogP contribution in [0.25, 0.3) is 0 Å². The van der Waals surface area contributed by atoms with Gasteiger partial charge in [-0.3, -0.25) is 4.79 Å². The van der Waals surface area contributed by atoms with Gasteiger partial charge in [-0.05, 0) is 24.3 Å². The van der Waals surface area contributed by atoms with E-state index in [1.807, 2.05) is 0 Å². The molecule has 0 saturated heterocycles. The van der Waals surface area contributed by atoms with Crippen LogP contribution in [0.5, 0.6) is 11.8 Å². The quantitative estimate of drug-likeness (QED) is 0.766. The lowest BCUT2D eigenvalue weighted by atomic mass is 10.1. The lowest BCUT2D eigenvalue weighted by molar-refractivity contribution is 0.103. The Bertz CT molecular complexity index is 520. The van der Waals surface area contributed by atoms with Crippen LogP contribution in [-0.4, -0.2) is 30.0 Å². The van der Waals surface area contributed by atoms with E-state index in [4.69, 9.17) is 9.47 Å². The fourth-order valence-corrected chi connectivity index (χ4v) is 1.60. The van der Waals surface area contributed by atoms with Crippen LogP contribution in [0.2, 0.25) is 0 Å².